The van der Waals surface area contributed by atoms with Gasteiger partial charge < -0.3 is 0 Å². The summed E-state index contributed by atoms with van der Waals surface area (Å²) in [7, 11) is 0. The molecule has 17 heavy (non-hydrogen) atoms. The Morgan fingerprint density at radius 2 is 1.76 bits per heavy atom. The van der Waals surface area contributed by atoms with E-state index in [2.05, 4.69) is 13.8 Å². The Bertz CT molecular complexity index is 381. The van der Waals surface area contributed by atoms with E-state index < -0.39 is 0 Å². The van der Waals surface area contributed by atoms with Gasteiger partial charge in [0.1, 0.15) is 0 Å². The van der Waals surface area contributed by atoms with Crippen molar-refractivity contribution in [2.24, 2.45) is 29.6 Å². The van der Waals surface area contributed by atoms with Gasteiger partial charge in [-0.1, -0.05) is 13.8 Å². The minimum atomic E-state index is -0.126. The first-order valence-electron chi connectivity index (χ1n) is 6.61. The first kappa shape index (κ1) is 11.0. The Morgan fingerprint density at radius 1 is 1.12 bits per heavy atom. The Hall–Kier alpha value is -1.12. The fourth-order valence-electron chi connectivity index (χ4n) is 4.15. The van der Waals surface area contributed by atoms with Crippen LogP contribution >= 0.6 is 0 Å². The van der Waals surface area contributed by atoms with Gasteiger partial charge in [0, 0.05) is 18.7 Å². The number of amides is 2. The first-order valence-corrected chi connectivity index (χ1v) is 6.61. The molecule has 1 aliphatic heterocycles. The number of rotatable bonds is 2. The molecule has 92 valence electrons. The Morgan fingerprint density at radius 3 is 2.29 bits per heavy atom. The van der Waals surface area contributed by atoms with Crippen molar-refractivity contribution in [1.82, 2.24) is 4.90 Å². The lowest BCUT2D eigenvalue weighted by molar-refractivity contribution is -0.137. The zero-order valence-corrected chi connectivity index (χ0v) is 10.4. The van der Waals surface area contributed by atoms with Crippen molar-refractivity contribution in [1.29, 1.82) is 0 Å². The van der Waals surface area contributed by atoms with Crippen LogP contribution in [-0.2, 0) is 9.59 Å². The Labute approximate surface area is 102 Å². The van der Waals surface area contributed by atoms with E-state index in [1.54, 1.807) is 0 Å². The molecule has 2 bridgehead atoms. The summed E-state index contributed by atoms with van der Waals surface area (Å²) in [4.78, 5) is 24.5. The molecule has 2 aliphatic carbocycles. The number of carbonyl (C=O) groups is 2. The average Bonchev–Trinajstić information content (AvgIpc) is 2.92. The first-order chi connectivity index (χ1) is 8.08. The van der Waals surface area contributed by atoms with Crippen LogP contribution in [0.2, 0.25) is 0 Å². The van der Waals surface area contributed by atoms with Gasteiger partial charge in [0.25, 0.3) is 11.8 Å². The van der Waals surface area contributed by atoms with Crippen molar-refractivity contribution >= 4 is 11.8 Å². The van der Waals surface area contributed by atoms with Crippen LogP contribution in [0.15, 0.2) is 12.2 Å². The molecular formula is C14H19NO2. The number of nitrogens with zero attached hydrogens (tertiary/aromatic N) is 1. The Balaban J connectivity index is 1.69. The van der Waals surface area contributed by atoms with Crippen LogP contribution in [0.1, 0.15) is 26.7 Å². The number of fused-ring (bicyclic) bond motifs is 2. The van der Waals surface area contributed by atoms with Gasteiger partial charge in [-0.15, -0.1) is 0 Å². The summed E-state index contributed by atoms with van der Waals surface area (Å²) in [5.41, 5.74) is 0. The van der Waals surface area contributed by atoms with Crippen molar-refractivity contribution in [3.8, 4) is 0 Å². The normalized spacial score (nSPS) is 44.1. The van der Waals surface area contributed by atoms with E-state index in [-0.39, 0.29) is 11.8 Å². The lowest BCUT2D eigenvalue weighted by Gasteiger charge is -2.33. The van der Waals surface area contributed by atoms with Crippen molar-refractivity contribution in [3.05, 3.63) is 12.2 Å². The average molecular weight is 233 g/mol. The van der Waals surface area contributed by atoms with Crippen LogP contribution < -0.4 is 0 Å². The summed E-state index contributed by atoms with van der Waals surface area (Å²) < 4.78 is 0. The quantitative estimate of drug-likeness (QED) is 0.682. The molecule has 3 nitrogen and oxygen atoms in total. The van der Waals surface area contributed by atoms with Crippen LogP contribution in [0.25, 0.3) is 0 Å². The summed E-state index contributed by atoms with van der Waals surface area (Å²) in [6.07, 6.45) is 5.28. The second-order valence-corrected chi connectivity index (χ2v) is 5.99. The summed E-state index contributed by atoms with van der Waals surface area (Å²) in [5, 5.41) is 0. The fraction of sp³-hybridized carbons (Fsp3) is 0.714. The lowest BCUT2D eigenvalue weighted by Crippen LogP contribution is -2.38. The van der Waals surface area contributed by atoms with E-state index in [9.17, 15) is 9.59 Å². The molecule has 0 aromatic heterocycles. The third-order valence-electron chi connectivity index (χ3n) is 5.35. The molecular weight excluding hydrogens is 214 g/mol. The van der Waals surface area contributed by atoms with Crippen LogP contribution in [0.4, 0.5) is 0 Å². The largest absolute Gasteiger partial charge is 0.275 e. The number of imide groups is 1. The molecule has 0 saturated heterocycles. The molecule has 0 aromatic carbocycles. The second kappa shape index (κ2) is 3.69. The summed E-state index contributed by atoms with van der Waals surface area (Å²) >= 11 is 0. The van der Waals surface area contributed by atoms with Crippen molar-refractivity contribution in [2.45, 2.75) is 26.7 Å². The molecule has 2 fully saturated rings. The second-order valence-electron chi connectivity index (χ2n) is 5.99. The molecule has 5 unspecified atom stereocenters. The minimum absolute atomic E-state index is 0.126. The van der Waals surface area contributed by atoms with Crippen molar-refractivity contribution < 1.29 is 9.59 Å². The van der Waals surface area contributed by atoms with Gasteiger partial charge in [0.05, 0.1) is 0 Å². The van der Waals surface area contributed by atoms with Gasteiger partial charge in [-0.2, -0.15) is 0 Å². The van der Waals surface area contributed by atoms with Crippen LogP contribution in [0, 0.1) is 29.6 Å². The maximum absolute atomic E-state index is 11.5. The predicted octanol–water partition coefficient (Wildman–Crippen LogP) is 1.84. The van der Waals surface area contributed by atoms with Gasteiger partial charge in [-0.25, -0.2) is 0 Å². The summed E-state index contributed by atoms with van der Waals surface area (Å²) in [5.74, 6) is 3.40. The summed E-state index contributed by atoms with van der Waals surface area (Å²) in [6.45, 7) is 5.32. The van der Waals surface area contributed by atoms with E-state index in [0.717, 1.165) is 23.7 Å². The van der Waals surface area contributed by atoms with Gasteiger partial charge in [0.15, 0.2) is 0 Å². The van der Waals surface area contributed by atoms with E-state index in [0.29, 0.717) is 12.5 Å². The molecule has 0 N–H and O–H groups in total. The smallest absolute Gasteiger partial charge is 0.253 e. The molecule has 2 amide bonds. The van der Waals surface area contributed by atoms with Gasteiger partial charge >= 0.3 is 0 Å². The summed E-state index contributed by atoms with van der Waals surface area (Å²) in [6, 6.07) is 0. The SMILES string of the molecule is CC1C2CC(CN3C(=O)C=CC3=O)C(C2)C1C. The molecule has 0 aromatic rings. The van der Waals surface area contributed by atoms with Gasteiger partial charge in [-0.3, -0.25) is 14.5 Å². The van der Waals surface area contributed by atoms with Crippen molar-refractivity contribution in [3.63, 3.8) is 0 Å². The van der Waals surface area contributed by atoms with Crippen LogP contribution in [0.3, 0.4) is 0 Å². The van der Waals surface area contributed by atoms with Crippen molar-refractivity contribution in [2.75, 3.05) is 6.54 Å². The molecule has 1 heterocycles. The molecule has 3 rings (SSSR count). The monoisotopic (exact) mass is 233 g/mol. The topological polar surface area (TPSA) is 37.4 Å². The molecule has 3 heteroatoms. The minimum Gasteiger partial charge on any atom is -0.275 e. The maximum atomic E-state index is 11.5. The third-order valence-corrected chi connectivity index (χ3v) is 5.35. The molecule has 5 atom stereocenters. The van der Waals surface area contributed by atoms with Crippen LogP contribution in [-0.4, -0.2) is 23.3 Å². The van der Waals surface area contributed by atoms with Crippen LogP contribution in [0.5, 0.6) is 0 Å². The Kier molecular flexibility index (Phi) is 2.39. The van der Waals surface area contributed by atoms with Gasteiger partial charge in [0.2, 0.25) is 0 Å². The number of hydrogen-bond donors (Lipinski definition) is 0. The molecule has 3 aliphatic rings. The number of hydrogen-bond acceptors (Lipinski definition) is 2. The standard InChI is InChI=1S/C14H19NO2/c1-8-9(2)12-6-10(8)5-11(12)7-15-13(16)3-4-14(15)17/h3-4,8-12H,5-7H2,1-2H3. The highest BCUT2D eigenvalue weighted by Crippen LogP contribution is 2.55. The molecule has 2 saturated carbocycles. The van der Waals surface area contributed by atoms with E-state index in [4.69, 9.17) is 0 Å². The molecule has 0 radical (unpaired) electrons. The third kappa shape index (κ3) is 1.55. The predicted molar refractivity (Wildman–Crippen MR) is 63.9 cm³/mol. The molecule has 0 spiro atoms. The maximum Gasteiger partial charge on any atom is 0.253 e. The van der Waals surface area contributed by atoms with E-state index >= 15 is 0 Å². The number of carbonyl (C=O) groups excluding carboxylic acids is 2. The lowest BCUT2D eigenvalue weighted by atomic mass is 9.75. The van der Waals surface area contributed by atoms with Gasteiger partial charge in [-0.05, 0) is 42.4 Å². The zero-order valence-electron chi connectivity index (χ0n) is 10.4. The van der Waals surface area contributed by atoms with E-state index in [1.165, 1.54) is 29.9 Å². The fourth-order valence-corrected chi connectivity index (χ4v) is 4.15. The highest BCUT2D eigenvalue weighted by atomic mass is 16.2. The highest BCUT2D eigenvalue weighted by Gasteiger charge is 2.49. The highest BCUT2D eigenvalue weighted by molar-refractivity contribution is 6.12. The van der Waals surface area contributed by atoms with E-state index in [1.807, 2.05) is 0 Å². The zero-order chi connectivity index (χ0) is 12.2.